The lowest BCUT2D eigenvalue weighted by molar-refractivity contribution is -0.150. The molecule has 0 aliphatic heterocycles. The molecular formula is C43H79NO8. The van der Waals surface area contributed by atoms with Gasteiger partial charge in [-0.3, -0.25) is 24.0 Å². The van der Waals surface area contributed by atoms with Gasteiger partial charge in [-0.15, -0.1) is 0 Å². The predicted octanol–water partition coefficient (Wildman–Crippen LogP) is 10.4. The van der Waals surface area contributed by atoms with Crippen molar-refractivity contribution in [2.24, 2.45) is 0 Å². The number of esters is 3. The largest absolute Gasteiger partial charge is 0.465 e. The molecule has 0 fully saturated rings. The predicted molar refractivity (Wildman–Crippen MR) is 210 cm³/mol. The summed E-state index contributed by atoms with van der Waals surface area (Å²) >= 11 is 0. The summed E-state index contributed by atoms with van der Waals surface area (Å²) < 4.78 is 16.5. The molecule has 0 spiro atoms. The van der Waals surface area contributed by atoms with E-state index in [9.17, 15) is 24.0 Å². The first-order valence-electron chi connectivity index (χ1n) is 21.4. The highest BCUT2D eigenvalue weighted by molar-refractivity contribution is 5.95. The van der Waals surface area contributed by atoms with Crippen molar-refractivity contribution in [1.82, 2.24) is 4.90 Å². The molecule has 0 aromatic rings. The van der Waals surface area contributed by atoms with Gasteiger partial charge in [-0.1, -0.05) is 117 Å². The molecule has 0 saturated heterocycles. The van der Waals surface area contributed by atoms with E-state index in [0.717, 1.165) is 148 Å². The minimum atomic E-state index is -0.399. The fourth-order valence-electron chi connectivity index (χ4n) is 6.23. The number of ether oxygens (including phenoxy) is 3. The van der Waals surface area contributed by atoms with Crippen LogP contribution in [0, 0.1) is 0 Å². The summed E-state index contributed by atoms with van der Waals surface area (Å²) in [4.78, 5) is 62.4. The first-order valence-corrected chi connectivity index (χ1v) is 21.4. The Bertz CT molecular complexity index is 906. The van der Waals surface area contributed by atoms with Gasteiger partial charge in [-0.25, -0.2) is 0 Å². The average Bonchev–Trinajstić information content (AvgIpc) is 3.09. The molecule has 9 nitrogen and oxygen atoms in total. The van der Waals surface area contributed by atoms with Crippen molar-refractivity contribution < 1.29 is 38.2 Å². The molecule has 0 aromatic heterocycles. The van der Waals surface area contributed by atoms with E-state index >= 15 is 0 Å². The Morgan fingerprint density at radius 1 is 0.442 bits per heavy atom. The second kappa shape index (κ2) is 37.0. The van der Waals surface area contributed by atoms with Crippen LogP contribution in [0.1, 0.15) is 206 Å². The number of ketones is 2. The molecule has 0 saturated carbocycles. The molecule has 0 radical (unpaired) electrons. The van der Waals surface area contributed by atoms with Crippen LogP contribution in [0.3, 0.4) is 0 Å². The third kappa shape index (κ3) is 36.1. The molecule has 0 aliphatic rings. The highest BCUT2D eigenvalue weighted by Gasteiger charge is 2.15. The Hall–Kier alpha value is -2.29. The number of unbranched alkanes of at least 4 members (excludes halogenated alkanes) is 18. The molecule has 0 aliphatic carbocycles. The van der Waals surface area contributed by atoms with Gasteiger partial charge < -0.3 is 19.1 Å². The fraction of sp³-hybridized carbons (Fsp3) is 0.884. The van der Waals surface area contributed by atoms with Gasteiger partial charge in [0.1, 0.15) is 30.5 Å². The zero-order chi connectivity index (χ0) is 38.5. The van der Waals surface area contributed by atoms with Gasteiger partial charge in [-0.05, 0) is 78.4 Å². The van der Waals surface area contributed by atoms with Gasteiger partial charge in [0.15, 0.2) is 0 Å². The summed E-state index contributed by atoms with van der Waals surface area (Å²) in [5, 5.41) is 0. The van der Waals surface area contributed by atoms with Gasteiger partial charge in [0.25, 0.3) is 0 Å². The molecule has 0 heterocycles. The second-order valence-electron chi connectivity index (χ2n) is 15.0. The van der Waals surface area contributed by atoms with Crippen molar-refractivity contribution in [2.45, 2.75) is 213 Å². The van der Waals surface area contributed by atoms with Crippen molar-refractivity contribution in [3.63, 3.8) is 0 Å². The first kappa shape index (κ1) is 49.7. The standard InChI is InChI=1S/C43H79NO8/c1-5-7-9-11-16-22-29-39(46)37-43(49)51-35-26-20-15-13-18-24-31-40(52-41(47)32-27-33-44(3)4)30-23-17-12-14-19-25-34-50-42(48)36-38(45)28-21-10-8-6-2/h40H,5-37H2,1-4H3. The van der Waals surface area contributed by atoms with E-state index in [0.29, 0.717) is 32.5 Å². The number of nitrogens with zero attached hydrogens (tertiary/aromatic N) is 1. The summed E-state index contributed by atoms with van der Waals surface area (Å²) in [5.74, 6) is -0.920. The van der Waals surface area contributed by atoms with Crippen LogP contribution in [0.15, 0.2) is 0 Å². The van der Waals surface area contributed by atoms with E-state index in [1.165, 1.54) is 19.3 Å². The van der Waals surface area contributed by atoms with E-state index in [1.54, 1.807) is 0 Å². The highest BCUT2D eigenvalue weighted by atomic mass is 16.5. The quantitative estimate of drug-likeness (QED) is 0.0263. The molecule has 52 heavy (non-hydrogen) atoms. The molecular weight excluding hydrogens is 658 g/mol. The maximum absolute atomic E-state index is 12.5. The van der Waals surface area contributed by atoms with E-state index in [-0.39, 0.29) is 36.5 Å². The zero-order valence-electron chi connectivity index (χ0n) is 34.1. The van der Waals surface area contributed by atoms with Crippen LogP contribution >= 0.6 is 0 Å². The van der Waals surface area contributed by atoms with Crippen LogP contribution in [0.2, 0.25) is 0 Å². The number of rotatable bonds is 39. The third-order valence-electron chi connectivity index (χ3n) is 9.45. The lowest BCUT2D eigenvalue weighted by Gasteiger charge is -2.18. The molecule has 0 aromatic carbocycles. The zero-order valence-corrected chi connectivity index (χ0v) is 34.1. The van der Waals surface area contributed by atoms with Crippen molar-refractivity contribution in [2.75, 3.05) is 33.9 Å². The second-order valence-corrected chi connectivity index (χ2v) is 15.0. The number of hydrogen-bond acceptors (Lipinski definition) is 9. The van der Waals surface area contributed by atoms with Crippen LogP contribution in [0.25, 0.3) is 0 Å². The summed E-state index contributed by atoms with van der Waals surface area (Å²) in [6.45, 7) is 5.94. The Morgan fingerprint density at radius 3 is 1.27 bits per heavy atom. The number of hydrogen-bond donors (Lipinski definition) is 0. The summed E-state index contributed by atoms with van der Waals surface area (Å²) in [6.07, 6.45) is 26.8. The van der Waals surface area contributed by atoms with E-state index in [4.69, 9.17) is 14.2 Å². The van der Waals surface area contributed by atoms with Crippen LogP contribution in [0.5, 0.6) is 0 Å². The number of carbonyl (C=O) groups is 5. The maximum Gasteiger partial charge on any atom is 0.313 e. The van der Waals surface area contributed by atoms with Gasteiger partial charge in [0.05, 0.1) is 13.2 Å². The van der Waals surface area contributed by atoms with Crippen LogP contribution in [0.4, 0.5) is 0 Å². The Labute approximate surface area is 318 Å². The number of Topliss-reactive ketones (excluding diaryl/α,β-unsaturated/α-hetero) is 2. The van der Waals surface area contributed by atoms with E-state index < -0.39 is 11.9 Å². The molecule has 0 amide bonds. The molecule has 0 N–H and O–H groups in total. The minimum absolute atomic E-state index is 0.00996. The monoisotopic (exact) mass is 738 g/mol. The van der Waals surface area contributed by atoms with Crippen LogP contribution < -0.4 is 0 Å². The van der Waals surface area contributed by atoms with Crippen molar-refractivity contribution in [3.8, 4) is 0 Å². The fourth-order valence-corrected chi connectivity index (χ4v) is 6.23. The molecule has 9 heteroatoms. The highest BCUT2D eigenvalue weighted by Crippen LogP contribution is 2.18. The molecule has 0 bridgehead atoms. The van der Waals surface area contributed by atoms with Gasteiger partial charge in [-0.2, -0.15) is 0 Å². The summed E-state index contributed by atoms with van der Waals surface area (Å²) in [7, 11) is 4.01. The van der Waals surface area contributed by atoms with E-state index in [1.807, 2.05) is 14.1 Å². The molecule has 0 rings (SSSR count). The molecule has 304 valence electrons. The summed E-state index contributed by atoms with van der Waals surface area (Å²) in [6, 6.07) is 0. The van der Waals surface area contributed by atoms with Crippen molar-refractivity contribution in [1.29, 1.82) is 0 Å². The normalized spacial score (nSPS) is 11.8. The Morgan fingerprint density at radius 2 is 0.827 bits per heavy atom. The van der Waals surface area contributed by atoms with Gasteiger partial charge in [0.2, 0.25) is 0 Å². The van der Waals surface area contributed by atoms with Gasteiger partial charge in [0, 0.05) is 19.3 Å². The van der Waals surface area contributed by atoms with Crippen LogP contribution in [-0.2, 0) is 38.2 Å². The Balaban J connectivity index is 4.09. The molecule has 1 atom stereocenters. The smallest absolute Gasteiger partial charge is 0.313 e. The van der Waals surface area contributed by atoms with Crippen LogP contribution in [-0.4, -0.2) is 74.3 Å². The SMILES string of the molecule is CCCCCCCCC(=O)CC(=O)OCCCCCCCCC(CCCCCCCCOC(=O)CC(=O)CCCCCC)OC(=O)CCCN(C)C. The minimum Gasteiger partial charge on any atom is -0.465 e. The first-order chi connectivity index (χ1) is 25.2. The van der Waals surface area contributed by atoms with Crippen molar-refractivity contribution >= 4 is 29.5 Å². The van der Waals surface area contributed by atoms with Crippen molar-refractivity contribution in [3.05, 3.63) is 0 Å². The topological polar surface area (TPSA) is 116 Å². The maximum atomic E-state index is 12.5. The summed E-state index contributed by atoms with van der Waals surface area (Å²) in [5.41, 5.74) is 0. The lowest BCUT2D eigenvalue weighted by atomic mass is 10.0. The molecule has 1 unspecified atom stereocenters. The lowest BCUT2D eigenvalue weighted by Crippen LogP contribution is -2.20. The van der Waals surface area contributed by atoms with E-state index in [2.05, 4.69) is 18.7 Å². The van der Waals surface area contributed by atoms with Gasteiger partial charge >= 0.3 is 17.9 Å². The third-order valence-corrected chi connectivity index (χ3v) is 9.45. The number of carbonyl (C=O) groups excluding carboxylic acids is 5. The Kier molecular flexibility index (Phi) is 35.4. The average molecular weight is 738 g/mol.